The minimum absolute atomic E-state index is 0.0560. The molecule has 1 aromatic carbocycles. The molecule has 1 heterocycles. The second-order valence-corrected chi connectivity index (χ2v) is 5.48. The predicted octanol–water partition coefficient (Wildman–Crippen LogP) is 2.66. The van der Waals surface area contributed by atoms with E-state index in [9.17, 15) is 13.6 Å². The maximum Gasteiger partial charge on any atom is 0.226 e. The Morgan fingerprint density at radius 3 is 2.55 bits per heavy atom. The van der Waals surface area contributed by atoms with Crippen molar-refractivity contribution in [3.8, 4) is 6.07 Å². The van der Waals surface area contributed by atoms with E-state index in [1.165, 1.54) is 6.07 Å². The summed E-state index contributed by atoms with van der Waals surface area (Å²) in [6.45, 7) is 2.96. The van der Waals surface area contributed by atoms with Crippen LogP contribution in [-0.4, -0.2) is 23.9 Å². The van der Waals surface area contributed by atoms with Gasteiger partial charge in [-0.15, -0.1) is 0 Å². The summed E-state index contributed by atoms with van der Waals surface area (Å²) in [4.78, 5) is 13.8. The molecular formula is C15H16F2N2O. The highest BCUT2D eigenvalue weighted by Gasteiger charge is 2.31. The van der Waals surface area contributed by atoms with Gasteiger partial charge in [0, 0.05) is 13.1 Å². The van der Waals surface area contributed by atoms with Gasteiger partial charge in [0.2, 0.25) is 5.91 Å². The monoisotopic (exact) mass is 278 g/mol. The molecule has 5 heteroatoms. The van der Waals surface area contributed by atoms with Crippen molar-refractivity contribution in [1.29, 1.82) is 5.26 Å². The molecule has 0 spiro atoms. The van der Waals surface area contributed by atoms with Crippen LogP contribution in [0.15, 0.2) is 18.2 Å². The molecule has 1 aromatic rings. The van der Waals surface area contributed by atoms with Gasteiger partial charge >= 0.3 is 0 Å². The number of amides is 1. The summed E-state index contributed by atoms with van der Waals surface area (Å²) in [6, 6.07) is 5.77. The lowest BCUT2D eigenvalue weighted by molar-refractivity contribution is -0.132. The lowest BCUT2D eigenvalue weighted by Crippen LogP contribution is -2.42. The minimum atomic E-state index is -0.939. The molecular weight excluding hydrogens is 262 g/mol. The Hall–Kier alpha value is -1.96. The quantitative estimate of drug-likeness (QED) is 0.834. The van der Waals surface area contributed by atoms with E-state index in [1.807, 2.05) is 6.92 Å². The second kappa shape index (κ2) is 5.58. The van der Waals surface area contributed by atoms with Gasteiger partial charge in [0.25, 0.3) is 0 Å². The van der Waals surface area contributed by atoms with Gasteiger partial charge in [0.05, 0.1) is 17.9 Å². The predicted molar refractivity (Wildman–Crippen MR) is 69.6 cm³/mol. The Bertz CT molecular complexity index is 557. The van der Waals surface area contributed by atoms with Crippen molar-refractivity contribution in [2.45, 2.75) is 26.2 Å². The summed E-state index contributed by atoms with van der Waals surface area (Å²) in [7, 11) is 0. The highest BCUT2D eigenvalue weighted by molar-refractivity contribution is 5.78. The molecule has 1 saturated heterocycles. The van der Waals surface area contributed by atoms with Crippen LogP contribution in [0.4, 0.5) is 8.78 Å². The van der Waals surface area contributed by atoms with E-state index in [4.69, 9.17) is 5.26 Å². The Labute approximate surface area is 116 Å². The molecule has 0 saturated carbocycles. The van der Waals surface area contributed by atoms with E-state index in [0.29, 0.717) is 31.5 Å². The normalized spacial score (nSPS) is 17.6. The summed E-state index contributed by atoms with van der Waals surface area (Å²) < 4.78 is 25.9. The zero-order valence-corrected chi connectivity index (χ0v) is 11.3. The largest absolute Gasteiger partial charge is 0.342 e. The van der Waals surface area contributed by atoms with Gasteiger partial charge in [-0.05, 0) is 37.5 Å². The van der Waals surface area contributed by atoms with Crippen LogP contribution in [0.25, 0.3) is 0 Å². The Balaban J connectivity index is 1.96. The van der Waals surface area contributed by atoms with Gasteiger partial charge < -0.3 is 4.90 Å². The number of carbonyl (C=O) groups is 1. The molecule has 1 amide bonds. The molecule has 2 rings (SSSR count). The molecule has 1 aliphatic rings. The number of rotatable bonds is 2. The number of benzene rings is 1. The lowest BCUT2D eigenvalue weighted by Gasteiger charge is -2.35. The average Bonchev–Trinajstić information content (AvgIpc) is 2.43. The SMILES string of the molecule is CC1(C#N)CCN(C(=O)Cc2ccc(F)c(F)c2)CC1. The third kappa shape index (κ3) is 3.13. The Morgan fingerprint density at radius 2 is 2.00 bits per heavy atom. The molecule has 0 bridgehead atoms. The van der Waals surface area contributed by atoms with Crippen molar-refractivity contribution < 1.29 is 13.6 Å². The molecule has 0 aromatic heterocycles. The van der Waals surface area contributed by atoms with E-state index in [1.54, 1.807) is 4.90 Å². The zero-order chi connectivity index (χ0) is 14.8. The molecule has 0 aliphatic carbocycles. The number of carbonyl (C=O) groups excluding carboxylic acids is 1. The van der Waals surface area contributed by atoms with E-state index < -0.39 is 11.6 Å². The van der Waals surface area contributed by atoms with Crippen molar-refractivity contribution in [3.63, 3.8) is 0 Å². The first-order chi connectivity index (χ1) is 9.43. The maximum absolute atomic E-state index is 13.1. The molecule has 0 radical (unpaired) electrons. The molecule has 1 aliphatic heterocycles. The summed E-state index contributed by atoms with van der Waals surface area (Å²) in [6.07, 6.45) is 1.35. The summed E-state index contributed by atoms with van der Waals surface area (Å²) in [5.74, 6) is -1.97. The van der Waals surface area contributed by atoms with Crippen molar-refractivity contribution >= 4 is 5.91 Å². The van der Waals surface area contributed by atoms with E-state index >= 15 is 0 Å². The third-order valence-electron chi connectivity index (χ3n) is 3.83. The molecule has 20 heavy (non-hydrogen) atoms. The third-order valence-corrected chi connectivity index (χ3v) is 3.83. The molecule has 0 unspecified atom stereocenters. The molecule has 3 nitrogen and oxygen atoms in total. The number of hydrogen-bond acceptors (Lipinski definition) is 2. The van der Waals surface area contributed by atoms with Crippen LogP contribution in [0.1, 0.15) is 25.3 Å². The van der Waals surface area contributed by atoms with Gasteiger partial charge in [-0.25, -0.2) is 8.78 Å². The van der Waals surface area contributed by atoms with Crippen LogP contribution in [0.5, 0.6) is 0 Å². The van der Waals surface area contributed by atoms with E-state index in [2.05, 4.69) is 6.07 Å². The molecule has 1 fully saturated rings. The summed E-state index contributed by atoms with van der Waals surface area (Å²) in [5, 5.41) is 9.04. The van der Waals surface area contributed by atoms with Crippen LogP contribution < -0.4 is 0 Å². The highest BCUT2D eigenvalue weighted by atomic mass is 19.2. The van der Waals surface area contributed by atoms with Crippen LogP contribution in [0, 0.1) is 28.4 Å². The minimum Gasteiger partial charge on any atom is -0.342 e. The smallest absolute Gasteiger partial charge is 0.226 e. The fraction of sp³-hybridized carbons (Fsp3) is 0.467. The summed E-state index contributed by atoms with van der Waals surface area (Å²) in [5.41, 5.74) is 0.0983. The van der Waals surface area contributed by atoms with Crippen LogP contribution in [0.3, 0.4) is 0 Å². The van der Waals surface area contributed by atoms with Crippen molar-refractivity contribution in [2.24, 2.45) is 5.41 Å². The first-order valence-electron chi connectivity index (χ1n) is 6.56. The number of piperidine rings is 1. The van der Waals surface area contributed by atoms with Crippen LogP contribution in [-0.2, 0) is 11.2 Å². The highest BCUT2D eigenvalue weighted by Crippen LogP contribution is 2.29. The maximum atomic E-state index is 13.1. The van der Waals surface area contributed by atoms with Crippen LogP contribution in [0.2, 0.25) is 0 Å². The molecule has 0 N–H and O–H groups in total. The summed E-state index contributed by atoms with van der Waals surface area (Å²) >= 11 is 0. The van der Waals surface area contributed by atoms with Crippen molar-refractivity contribution in [2.75, 3.05) is 13.1 Å². The second-order valence-electron chi connectivity index (χ2n) is 5.48. The van der Waals surface area contributed by atoms with Gasteiger partial charge in [0.15, 0.2) is 11.6 Å². The average molecular weight is 278 g/mol. The standard InChI is InChI=1S/C15H16F2N2O/c1-15(10-18)4-6-19(7-5-15)14(20)9-11-2-3-12(16)13(17)8-11/h2-3,8H,4-7,9H2,1H3. The number of halogens is 2. The molecule has 106 valence electrons. The van der Waals surface area contributed by atoms with Crippen molar-refractivity contribution in [1.82, 2.24) is 4.90 Å². The van der Waals surface area contributed by atoms with Gasteiger partial charge in [-0.3, -0.25) is 4.79 Å². The zero-order valence-electron chi connectivity index (χ0n) is 11.3. The van der Waals surface area contributed by atoms with E-state index in [0.717, 1.165) is 12.1 Å². The fourth-order valence-electron chi connectivity index (χ4n) is 2.30. The fourth-order valence-corrected chi connectivity index (χ4v) is 2.30. The first kappa shape index (κ1) is 14.4. The lowest BCUT2D eigenvalue weighted by atomic mass is 9.82. The molecule has 0 atom stereocenters. The van der Waals surface area contributed by atoms with Gasteiger partial charge in [0.1, 0.15) is 0 Å². The topological polar surface area (TPSA) is 44.1 Å². The number of nitriles is 1. The van der Waals surface area contributed by atoms with E-state index in [-0.39, 0.29) is 17.7 Å². The Morgan fingerprint density at radius 1 is 1.35 bits per heavy atom. The van der Waals surface area contributed by atoms with Crippen molar-refractivity contribution in [3.05, 3.63) is 35.4 Å². The van der Waals surface area contributed by atoms with Crippen LogP contribution >= 0.6 is 0 Å². The number of hydrogen-bond donors (Lipinski definition) is 0. The Kier molecular flexibility index (Phi) is 4.03. The van der Waals surface area contributed by atoms with Gasteiger partial charge in [-0.2, -0.15) is 5.26 Å². The number of likely N-dealkylation sites (tertiary alicyclic amines) is 1. The number of nitrogens with zero attached hydrogens (tertiary/aromatic N) is 2. The van der Waals surface area contributed by atoms with Gasteiger partial charge in [-0.1, -0.05) is 6.07 Å². The first-order valence-corrected chi connectivity index (χ1v) is 6.56.